The van der Waals surface area contributed by atoms with E-state index in [-0.39, 0.29) is 35.6 Å². The number of rotatable bonds is 7. The number of nitrogens with two attached hydrogens (primary N) is 1. The van der Waals surface area contributed by atoms with E-state index in [2.05, 4.69) is 42.7 Å². The first kappa shape index (κ1) is 25.8. The second kappa shape index (κ2) is 13.9. The number of nitrogens with zero attached hydrogens (tertiary/aromatic N) is 2. The maximum Gasteiger partial charge on any atom is 1.00 e. The molecule has 1 saturated heterocycles. The van der Waals surface area contributed by atoms with E-state index in [0.29, 0.717) is 25.9 Å². The number of nitrogens with one attached hydrogen (secondary N) is 1. The van der Waals surface area contributed by atoms with Crippen LogP contribution in [0.5, 0.6) is 0 Å². The van der Waals surface area contributed by atoms with E-state index < -0.39 is 6.17 Å². The van der Waals surface area contributed by atoms with Crippen molar-refractivity contribution in [2.45, 2.75) is 25.1 Å². The van der Waals surface area contributed by atoms with Gasteiger partial charge in [-0.2, -0.15) is 23.0 Å². The van der Waals surface area contributed by atoms with Gasteiger partial charge in [0.1, 0.15) is 6.17 Å². The number of benzene rings is 2. The topological polar surface area (TPSA) is 65.1 Å². The quantitative estimate of drug-likeness (QED) is 0.532. The van der Waals surface area contributed by atoms with E-state index in [1.165, 1.54) is 11.1 Å². The molecule has 2 aromatic carbocycles. The molecule has 2 unspecified atom stereocenters. The number of likely N-dealkylation sites (tertiary alicyclic amines) is 1. The van der Waals surface area contributed by atoms with Gasteiger partial charge in [0.2, 0.25) is 0 Å². The summed E-state index contributed by atoms with van der Waals surface area (Å²) in [5, 5.41) is 11.6. The predicted octanol–water partition coefficient (Wildman–Crippen LogP) is 1.44. The van der Waals surface area contributed by atoms with Gasteiger partial charge >= 0.3 is 29.6 Å². The molecule has 1 fully saturated rings. The Labute approximate surface area is 201 Å². The Morgan fingerprint density at radius 1 is 1.27 bits per heavy atom. The van der Waals surface area contributed by atoms with Crippen LogP contribution in [0.15, 0.2) is 79.7 Å². The zero-order valence-corrected chi connectivity index (χ0v) is 19.6. The van der Waals surface area contributed by atoms with Crippen LogP contribution < -0.4 is 40.6 Å². The summed E-state index contributed by atoms with van der Waals surface area (Å²) in [6, 6.07) is 20.6. The van der Waals surface area contributed by atoms with Crippen molar-refractivity contribution >= 4 is 0 Å². The van der Waals surface area contributed by atoms with E-state index in [9.17, 15) is 4.39 Å². The third-order valence-corrected chi connectivity index (χ3v) is 4.74. The van der Waals surface area contributed by atoms with Gasteiger partial charge in [0.25, 0.3) is 0 Å². The van der Waals surface area contributed by atoms with Crippen molar-refractivity contribution in [1.82, 2.24) is 10.2 Å². The van der Waals surface area contributed by atoms with Gasteiger partial charge < -0.3 is 16.0 Å². The van der Waals surface area contributed by atoms with E-state index in [0.717, 1.165) is 11.3 Å². The average Bonchev–Trinajstić information content (AvgIpc) is 3.20. The minimum atomic E-state index is -0.731. The molecule has 3 rings (SSSR count). The van der Waals surface area contributed by atoms with Crippen LogP contribution in [0, 0.1) is 17.9 Å². The zero-order valence-electron chi connectivity index (χ0n) is 17.6. The first-order chi connectivity index (χ1) is 14.1. The van der Waals surface area contributed by atoms with Crippen molar-refractivity contribution in [2.24, 2.45) is 5.73 Å². The molecule has 6 heteroatoms. The molecule has 3 N–H and O–H groups in total. The molecule has 1 aliphatic heterocycles. The molecule has 0 aromatic heterocycles. The van der Waals surface area contributed by atoms with Crippen LogP contribution in [0.2, 0.25) is 0 Å². The van der Waals surface area contributed by atoms with Gasteiger partial charge in [-0.3, -0.25) is 0 Å². The summed E-state index contributed by atoms with van der Waals surface area (Å²) in [5.74, 6) is 0. The number of hydrogen-bond acceptors (Lipinski definition) is 4. The Morgan fingerprint density at radius 2 is 1.90 bits per heavy atom. The van der Waals surface area contributed by atoms with Crippen molar-refractivity contribution in [3.63, 3.8) is 0 Å². The minimum Gasteiger partial charge on any atom is -0.381 e. The molecule has 30 heavy (non-hydrogen) atoms. The molecule has 0 aliphatic carbocycles. The molecule has 152 valence electrons. The fourth-order valence-corrected chi connectivity index (χ4v) is 3.16. The largest absolute Gasteiger partial charge is 1.00 e. The summed E-state index contributed by atoms with van der Waals surface area (Å²) in [7, 11) is 0. The van der Waals surface area contributed by atoms with E-state index in [1.54, 1.807) is 12.7 Å². The molecule has 0 spiro atoms. The monoisotopic (exact) mass is 414 g/mol. The number of allylic oxidation sites excluding steroid dienone is 1. The summed E-state index contributed by atoms with van der Waals surface area (Å²) in [6.07, 6.45) is 1.88. The summed E-state index contributed by atoms with van der Waals surface area (Å²) in [4.78, 5) is 1.84. The first-order valence-corrected chi connectivity index (χ1v) is 9.59. The Balaban J connectivity index is 0.000000324. The van der Waals surface area contributed by atoms with Gasteiger partial charge in [-0.25, -0.2) is 4.39 Å². The van der Waals surface area contributed by atoms with Gasteiger partial charge in [-0.05, 0) is 23.7 Å². The Bertz CT molecular complexity index is 817. The van der Waals surface area contributed by atoms with Gasteiger partial charge in [-0.15, -0.1) is 18.7 Å². The molecule has 1 heterocycles. The number of alkyl halides is 1. The van der Waals surface area contributed by atoms with Gasteiger partial charge in [0.05, 0.1) is 18.5 Å². The van der Waals surface area contributed by atoms with Crippen molar-refractivity contribution in [3.8, 4) is 6.07 Å². The van der Waals surface area contributed by atoms with Crippen LogP contribution in [-0.2, 0) is 0 Å². The third-order valence-electron chi connectivity index (χ3n) is 4.74. The maximum absolute atomic E-state index is 12.6. The average molecular weight is 415 g/mol. The van der Waals surface area contributed by atoms with Crippen molar-refractivity contribution in [3.05, 3.63) is 103 Å². The third kappa shape index (κ3) is 7.89. The second-order valence-electron chi connectivity index (χ2n) is 6.78. The molecule has 1 aliphatic rings. The fraction of sp³-hybridized carbons (Fsp3) is 0.250. The summed E-state index contributed by atoms with van der Waals surface area (Å²) in [6.45, 7) is 10.2. The van der Waals surface area contributed by atoms with Gasteiger partial charge in [-0.1, -0.05) is 43.5 Å². The predicted molar refractivity (Wildman–Crippen MR) is 116 cm³/mol. The summed E-state index contributed by atoms with van der Waals surface area (Å²) in [5.41, 5.74) is 9.65. The van der Waals surface area contributed by atoms with Crippen molar-refractivity contribution in [2.75, 3.05) is 13.1 Å². The molecule has 4 nitrogen and oxygen atoms in total. The summed E-state index contributed by atoms with van der Waals surface area (Å²) >= 11 is 0. The SMILES string of the molecule is C=C(CC#N)N1CCC(F)C1.C=CNC(c1ccccc1)c1ccc([CH-]N)cc1.[Na+]. The standard InChI is InChI=1S/C16H17N2.C8H11FN2.Na/c1-2-18-16(14-6-4-3-5-7-14)15-10-8-13(12-17)9-11-15;1-7(2-4-10)11-5-3-8(9)6-11;/h2-12,16,18H,1,17H2;8H,1-3,5-6H2;/q-1;;+1. The smallest absolute Gasteiger partial charge is 0.381 e. The number of halogens is 1. The maximum atomic E-state index is 12.6. The molecular formula is C24H28FN4Na. The second-order valence-corrected chi connectivity index (χ2v) is 6.78. The normalized spacial score (nSPS) is 15.5. The van der Waals surface area contributed by atoms with E-state index in [1.807, 2.05) is 41.3 Å². The number of hydrogen-bond donors (Lipinski definition) is 2. The molecule has 2 aromatic rings. The van der Waals surface area contributed by atoms with Crippen LogP contribution in [0.25, 0.3) is 0 Å². The van der Waals surface area contributed by atoms with Crippen LogP contribution >= 0.6 is 0 Å². The van der Waals surface area contributed by atoms with Gasteiger partial charge in [0.15, 0.2) is 0 Å². The fourth-order valence-electron chi connectivity index (χ4n) is 3.16. The van der Waals surface area contributed by atoms with Crippen molar-refractivity contribution in [1.29, 1.82) is 5.26 Å². The molecule has 0 saturated carbocycles. The molecule has 0 bridgehead atoms. The Kier molecular flexibility index (Phi) is 12.0. The minimum absolute atomic E-state index is 0. The molecule has 0 amide bonds. The zero-order chi connectivity index (χ0) is 21.1. The van der Waals surface area contributed by atoms with E-state index >= 15 is 0 Å². The van der Waals surface area contributed by atoms with Crippen LogP contribution in [0.3, 0.4) is 0 Å². The Hall–Kier alpha value is -2.23. The Morgan fingerprint density at radius 3 is 2.40 bits per heavy atom. The van der Waals surface area contributed by atoms with Crippen molar-refractivity contribution < 1.29 is 33.9 Å². The molecule has 0 radical (unpaired) electrons. The molecule has 2 atom stereocenters. The van der Waals surface area contributed by atoms with Gasteiger partial charge in [0, 0.05) is 18.8 Å². The van der Waals surface area contributed by atoms with Crippen LogP contribution in [0.1, 0.15) is 35.6 Å². The number of nitriles is 1. The molecular weight excluding hydrogens is 386 g/mol. The first-order valence-electron chi connectivity index (χ1n) is 9.59. The van der Waals surface area contributed by atoms with Crippen LogP contribution in [-0.4, -0.2) is 24.2 Å². The summed E-state index contributed by atoms with van der Waals surface area (Å²) < 4.78 is 12.6. The van der Waals surface area contributed by atoms with E-state index in [4.69, 9.17) is 11.0 Å². The van der Waals surface area contributed by atoms with Crippen LogP contribution in [0.4, 0.5) is 4.39 Å².